The molecule has 0 saturated heterocycles. The maximum absolute atomic E-state index is 13.5. The van der Waals surface area contributed by atoms with E-state index in [1.807, 2.05) is 23.6 Å². The largest absolute Gasteiger partial charge is 0.294 e. The molecule has 5 heteroatoms. The molecular weight excluding hydrogens is 301 g/mol. The first-order chi connectivity index (χ1) is 10.6. The van der Waals surface area contributed by atoms with Gasteiger partial charge in [-0.25, -0.2) is 4.39 Å². The van der Waals surface area contributed by atoms with Crippen LogP contribution in [0.2, 0.25) is 0 Å². The Bertz CT molecular complexity index is 804. The lowest BCUT2D eigenvalue weighted by Gasteiger charge is -2.07. The lowest BCUT2D eigenvalue weighted by atomic mass is 10.0. The Morgan fingerprint density at radius 2 is 2.00 bits per heavy atom. The zero-order valence-electron chi connectivity index (χ0n) is 11.8. The van der Waals surface area contributed by atoms with Gasteiger partial charge >= 0.3 is 0 Å². The van der Waals surface area contributed by atoms with E-state index in [0.29, 0.717) is 12.0 Å². The summed E-state index contributed by atoms with van der Waals surface area (Å²) in [5, 5.41) is 2.99. The number of fused-ring (bicyclic) bond motifs is 1. The molecule has 0 atom stereocenters. The van der Waals surface area contributed by atoms with E-state index in [4.69, 9.17) is 0 Å². The lowest BCUT2D eigenvalue weighted by Crippen LogP contribution is -2.09. The minimum atomic E-state index is -0.473. The number of thiophene rings is 1. The maximum Gasteiger partial charge on any atom is 0.184 e. The zero-order chi connectivity index (χ0) is 15.5. The van der Waals surface area contributed by atoms with E-state index in [1.54, 1.807) is 23.6 Å². The van der Waals surface area contributed by atoms with E-state index in [9.17, 15) is 14.0 Å². The molecule has 1 aromatic carbocycles. The number of benzene rings is 1. The second-order valence-corrected chi connectivity index (χ2v) is 6.07. The molecule has 112 valence electrons. The number of hydrogen-bond acceptors (Lipinski definition) is 4. The molecule has 0 fully saturated rings. The van der Waals surface area contributed by atoms with Crippen LogP contribution in [-0.2, 0) is 4.79 Å². The van der Waals surface area contributed by atoms with Crippen molar-refractivity contribution in [3.63, 3.8) is 0 Å². The van der Waals surface area contributed by atoms with Crippen LogP contribution in [-0.4, -0.2) is 17.8 Å². The van der Waals surface area contributed by atoms with Crippen molar-refractivity contribution in [1.82, 2.24) is 0 Å². The predicted molar refractivity (Wildman–Crippen MR) is 86.3 cm³/mol. The Morgan fingerprint density at radius 1 is 1.18 bits per heavy atom. The van der Waals surface area contributed by atoms with Gasteiger partial charge in [0.2, 0.25) is 0 Å². The number of ketones is 2. The number of allylic oxidation sites excluding steroid dienone is 2. The van der Waals surface area contributed by atoms with E-state index >= 15 is 0 Å². The molecule has 1 aromatic heterocycles. The first-order valence-electron chi connectivity index (χ1n) is 7.10. The van der Waals surface area contributed by atoms with Crippen LogP contribution >= 0.6 is 11.3 Å². The monoisotopic (exact) mass is 315 g/mol. The molecule has 0 amide bonds. The van der Waals surface area contributed by atoms with Crippen LogP contribution in [0.5, 0.6) is 0 Å². The van der Waals surface area contributed by atoms with Gasteiger partial charge in [-0.3, -0.25) is 14.6 Å². The molecule has 0 N–H and O–H groups in total. The van der Waals surface area contributed by atoms with Crippen molar-refractivity contribution in [3.8, 4) is 0 Å². The third-order valence-electron chi connectivity index (χ3n) is 3.59. The maximum atomic E-state index is 13.5. The molecule has 0 bridgehead atoms. The summed E-state index contributed by atoms with van der Waals surface area (Å²) in [5.41, 5.74) is 0.465. The van der Waals surface area contributed by atoms with Gasteiger partial charge in [0.15, 0.2) is 11.6 Å². The SMILES string of the molecule is O=C(CCC(=O)c1ccc2sccc2c1)C1=C(F)CCC=N1. The van der Waals surface area contributed by atoms with Gasteiger partial charge < -0.3 is 0 Å². The summed E-state index contributed by atoms with van der Waals surface area (Å²) in [5.74, 6) is -0.986. The van der Waals surface area contributed by atoms with Crippen molar-refractivity contribution in [2.24, 2.45) is 4.99 Å². The Labute approximate surface area is 131 Å². The Kier molecular flexibility index (Phi) is 4.24. The average Bonchev–Trinajstić information content (AvgIpc) is 3.00. The highest BCUT2D eigenvalue weighted by atomic mass is 32.1. The van der Waals surface area contributed by atoms with Crippen molar-refractivity contribution in [1.29, 1.82) is 0 Å². The van der Waals surface area contributed by atoms with Crippen molar-refractivity contribution in [2.45, 2.75) is 25.7 Å². The molecule has 0 radical (unpaired) electrons. The first-order valence-corrected chi connectivity index (χ1v) is 7.98. The van der Waals surface area contributed by atoms with Crippen LogP contribution in [0.15, 0.2) is 46.2 Å². The topological polar surface area (TPSA) is 46.5 Å². The predicted octanol–water partition coefficient (Wildman–Crippen LogP) is 4.48. The summed E-state index contributed by atoms with van der Waals surface area (Å²) in [6.07, 6.45) is 2.33. The van der Waals surface area contributed by atoms with Crippen LogP contribution in [0.4, 0.5) is 4.39 Å². The number of carbonyl (C=O) groups excluding carboxylic acids is 2. The second kappa shape index (κ2) is 6.32. The fourth-order valence-corrected chi connectivity index (χ4v) is 3.16. The minimum absolute atomic E-state index is 0.0133. The van der Waals surface area contributed by atoms with E-state index in [2.05, 4.69) is 4.99 Å². The van der Waals surface area contributed by atoms with Crippen LogP contribution < -0.4 is 0 Å². The number of Topliss-reactive ketones (excluding diaryl/α,β-unsaturated/α-hetero) is 2. The number of aliphatic imine (C=N–C) groups is 1. The summed E-state index contributed by atoms with van der Waals surface area (Å²) in [6.45, 7) is 0. The normalized spacial score (nSPS) is 14.6. The van der Waals surface area contributed by atoms with Crippen LogP contribution in [0.3, 0.4) is 0 Å². The summed E-state index contributed by atoms with van der Waals surface area (Å²) < 4.78 is 14.7. The molecule has 0 saturated carbocycles. The highest BCUT2D eigenvalue weighted by Gasteiger charge is 2.18. The smallest absolute Gasteiger partial charge is 0.184 e. The summed E-state index contributed by atoms with van der Waals surface area (Å²) in [7, 11) is 0. The lowest BCUT2D eigenvalue weighted by molar-refractivity contribution is -0.115. The Morgan fingerprint density at radius 3 is 2.82 bits per heavy atom. The minimum Gasteiger partial charge on any atom is -0.294 e. The molecule has 2 heterocycles. The Balaban J connectivity index is 1.67. The highest BCUT2D eigenvalue weighted by Crippen LogP contribution is 2.23. The van der Waals surface area contributed by atoms with Crippen molar-refractivity contribution >= 4 is 39.2 Å². The molecular formula is C17H14FNO2S. The van der Waals surface area contributed by atoms with Crippen molar-refractivity contribution < 1.29 is 14.0 Å². The van der Waals surface area contributed by atoms with E-state index in [-0.39, 0.29) is 30.7 Å². The van der Waals surface area contributed by atoms with E-state index in [0.717, 1.165) is 10.1 Å². The van der Waals surface area contributed by atoms with E-state index in [1.165, 1.54) is 0 Å². The quantitative estimate of drug-likeness (QED) is 0.764. The van der Waals surface area contributed by atoms with Crippen LogP contribution in [0, 0.1) is 0 Å². The third-order valence-corrected chi connectivity index (χ3v) is 4.49. The number of hydrogen-bond donors (Lipinski definition) is 0. The molecule has 3 rings (SSSR count). The Hall–Kier alpha value is -2.14. The molecule has 0 unspecified atom stereocenters. The van der Waals surface area contributed by atoms with Gasteiger partial charge in [-0.15, -0.1) is 11.3 Å². The molecule has 0 aliphatic carbocycles. The molecule has 3 nitrogen and oxygen atoms in total. The van der Waals surface area contributed by atoms with Gasteiger partial charge in [0, 0.05) is 35.7 Å². The number of carbonyl (C=O) groups is 2. The first kappa shape index (κ1) is 14.8. The number of nitrogens with zero attached hydrogens (tertiary/aromatic N) is 1. The van der Waals surface area contributed by atoms with Gasteiger partial charge in [0.25, 0.3) is 0 Å². The number of halogens is 1. The van der Waals surface area contributed by atoms with E-state index < -0.39 is 11.6 Å². The summed E-state index contributed by atoms with van der Waals surface area (Å²) in [6, 6.07) is 7.46. The van der Waals surface area contributed by atoms with Gasteiger partial charge in [-0.1, -0.05) is 0 Å². The van der Waals surface area contributed by atoms with Crippen molar-refractivity contribution in [2.75, 3.05) is 0 Å². The van der Waals surface area contributed by atoms with Crippen molar-refractivity contribution in [3.05, 3.63) is 46.7 Å². The summed E-state index contributed by atoms with van der Waals surface area (Å²) in [4.78, 5) is 28.0. The van der Waals surface area contributed by atoms with Gasteiger partial charge in [0.1, 0.15) is 11.5 Å². The van der Waals surface area contributed by atoms with Gasteiger partial charge in [-0.2, -0.15) is 0 Å². The number of rotatable bonds is 5. The molecule has 1 aliphatic heterocycles. The molecule has 22 heavy (non-hydrogen) atoms. The second-order valence-electron chi connectivity index (χ2n) is 5.12. The fraction of sp³-hybridized carbons (Fsp3) is 0.235. The van der Waals surface area contributed by atoms with Crippen LogP contribution in [0.25, 0.3) is 10.1 Å². The van der Waals surface area contributed by atoms with Gasteiger partial charge in [0.05, 0.1) is 0 Å². The zero-order valence-corrected chi connectivity index (χ0v) is 12.7. The standard InChI is InChI=1S/C17H14FNO2S/c18-13-2-1-8-19-17(13)15(21)5-4-14(20)11-3-6-16-12(10-11)7-9-22-16/h3,6-10H,1-2,4-5H2. The fourth-order valence-electron chi connectivity index (χ4n) is 2.39. The molecule has 1 aliphatic rings. The third kappa shape index (κ3) is 3.04. The van der Waals surface area contributed by atoms with Gasteiger partial charge in [-0.05, 0) is 41.5 Å². The molecule has 2 aromatic rings. The summed E-state index contributed by atoms with van der Waals surface area (Å²) >= 11 is 1.62. The highest BCUT2D eigenvalue weighted by molar-refractivity contribution is 7.17. The average molecular weight is 315 g/mol. The molecule has 0 spiro atoms. The van der Waals surface area contributed by atoms with Crippen LogP contribution in [0.1, 0.15) is 36.0 Å².